The molecule has 5 heteroatoms. The van der Waals surface area contributed by atoms with E-state index in [0.717, 1.165) is 22.2 Å². The Labute approximate surface area is 101 Å². The van der Waals surface area contributed by atoms with Gasteiger partial charge in [-0.25, -0.2) is 9.59 Å². The molecule has 0 amide bonds. The van der Waals surface area contributed by atoms with Gasteiger partial charge < -0.3 is 9.84 Å². The van der Waals surface area contributed by atoms with E-state index in [0.29, 0.717) is 0 Å². The zero-order valence-electron chi connectivity index (χ0n) is 8.22. The highest BCUT2D eigenvalue weighted by Gasteiger charge is 2.02. The van der Waals surface area contributed by atoms with Gasteiger partial charge in [-0.2, -0.15) is 0 Å². The maximum absolute atomic E-state index is 11.0. The third-order valence-corrected chi connectivity index (χ3v) is 2.46. The molecule has 0 aliphatic rings. The minimum atomic E-state index is -1.18. The molecule has 0 aromatic heterocycles. The first-order chi connectivity index (χ1) is 7.59. The summed E-state index contributed by atoms with van der Waals surface area (Å²) in [4.78, 5) is 21.2. The molecule has 1 aromatic rings. The van der Waals surface area contributed by atoms with Crippen LogP contribution in [-0.2, 0) is 20.9 Å². The normalized spacial score (nSPS) is 10.3. The minimum Gasteiger partial charge on any atom is -0.478 e. The molecule has 1 aromatic carbocycles. The number of rotatable bonds is 4. The monoisotopic (exact) mass is 284 g/mol. The van der Waals surface area contributed by atoms with Gasteiger partial charge in [0.15, 0.2) is 0 Å². The largest absolute Gasteiger partial charge is 0.478 e. The maximum Gasteiger partial charge on any atom is 0.331 e. The molecule has 0 fully saturated rings. The summed E-state index contributed by atoms with van der Waals surface area (Å²) in [6.45, 7) is 0.101. The van der Waals surface area contributed by atoms with Crippen LogP contribution in [-0.4, -0.2) is 17.0 Å². The number of aliphatic carboxylic acids is 1. The molecule has 0 atom stereocenters. The molecule has 1 rings (SSSR count). The van der Waals surface area contributed by atoms with Gasteiger partial charge in [0.1, 0.15) is 6.61 Å². The van der Waals surface area contributed by atoms with E-state index in [1.807, 2.05) is 18.2 Å². The van der Waals surface area contributed by atoms with E-state index in [2.05, 4.69) is 15.9 Å². The Morgan fingerprint density at radius 2 is 2.00 bits per heavy atom. The van der Waals surface area contributed by atoms with Crippen molar-refractivity contribution in [2.75, 3.05) is 0 Å². The summed E-state index contributed by atoms with van der Waals surface area (Å²) in [5, 5.41) is 8.29. The van der Waals surface area contributed by atoms with Crippen LogP contribution in [0.5, 0.6) is 0 Å². The number of halogens is 1. The topological polar surface area (TPSA) is 63.6 Å². The number of carboxylic acids is 1. The average molecular weight is 285 g/mol. The second-order valence-corrected chi connectivity index (χ2v) is 3.73. The molecule has 16 heavy (non-hydrogen) atoms. The van der Waals surface area contributed by atoms with Gasteiger partial charge in [0.25, 0.3) is 0 Å². The minimum absolute atomic E-state index is 0.101. The number of hydrogen-bond donors (Lipinski definition) is 1. The molecule has 0 bridgehead atoms. The molecule has 84 valence electrons. The van der Waals surface area contributed by atoms with Crippen molar-refractivity contribution in [3.05, 3.63) is 46.5 Å². The zero-order chi connectivity index (χ0) is 12.0. The van der Waals surface area contributed by atoms with E-state index >= 15 is 0 Å². The SMILES string of the molecule is O=C(O)/C=C/C(=O)OCc1ccccc1Br. The summed E-state index contributed by atoms with van der Waals surface area (Å²) < 4.78 is 5.68. The quantitative estimate of drug-likeness (QED) is 0.680. The average Bonchev–Trinajstić information content (AvgIpc) is 2.25. The van der Waals surface area contributed by atoms with Crippen molar-refractivity contribution < 1.29 is 19.4 Å². The molecule has 0 aliphatic carbocycles. The molecule has 0 saturated heterocycles. The van der Waals surface area contributed by atoms with E-state index in [1.54, 1.807) is 6.07 Å². The number of hydrogen-bond acceptors (Lipinski definition) is 3. The van der Waals surface area contributed by atoms with Gasteiger partial charge in [-0.3, -0.25) is 0 Å². The first-order valence-electron chi connectivity index (χ1n) is 4.41. The van der Waals surface area contributed by atoms with Gasteiger partial charge in [-0.15, -0.1) is 0 Å². The second-order valence-electron chi connectivity index (χ2n) is 2.87. The van der Waals surface area contributed by atoms with Crippen molar-refractivity contribution in [1.29, 1.82) is 0 Å². The van der Waals surface area contributed by atoms with Gasteiger partial charge in [-0.05, 0) is 6.07 Å². The second kappa shape index (κ2) is 6.07. The molecule has 0 unspecified atom stereocenters. The Hall–Kier alpha value is -1.62. The van der Waals surface area contributed by atoms with Crippen LogP contribution in [0, 0.1) is 0 Å². The Morgan fingerprint density at radius 3 is 2.62 bits per heavy atom. The Kier molecular flexibility index (Phi) is 4.72. The molecular formula is C11H9BrO4. The summed E-state index contributed by atoms with van der Waals surface area (Å²) in [6.07, 6.45) is 1.61. The summed E-state index contributed by atoms with van der Waals surface area (Å²) in [6, 6.07) is 7.30. The van der Waals surface area contributed by atoms with Crippen LogP contribution < -0.4 is 0 Å². The van der Waals surface area contributed by atoms with Gasteiger partial charge in [0, 0.05) is 22.2 Å². The highest BCUT2D eigenvalue weighted by atomic mass is 79.9. The Morgan fingerprint density at radius 1 is 1.31 bits per heavy atom. The highest BCUT2D eigenvalue weighted by Crippen LogP contribution is 2.16. The van der Waals surface area contributed by atoms with Crippen LogP contribution in [0.4, 0.5) is 0 Å². The van der Waals surface area contributed by atoms with E-state index in [1.165, 1.54) is 0 Å². The van der Waals surface area contributed by atoms with Gasteiger partial charge in [-0.1, -0.05) is 34.1 Å². The Balaban J connectivity index is 2.49. The molecule has 0 radical (unpaired) electrons. The van der Waals surface area contributed by atoms with E-state index < -0.39 is 11.9 Å². The van der Waals surface area contributed by atoms with Crippen LogP contribution in [0.3, 0.4) is 0 Å². The van der Waals surface area contributed by atoms with Gasteiger partial charge >= 0.3 is 11.9 Å². The van der Waals surface area contributed by atoms with Crippen LogP contribution in [0.15, 0.2) is 40.9 Å². The number of esters is 1. The van der Waals surface area contributed by atoms with Gasteiger partial charge in [0.05, 0.1) is 0 Å². The van der Waals surface area contributed by atoms with Crippen molar-refractivity contribution in [2.45, 2.75) is 6.61 Å². The molecule has 4 nitrogen and oxygen atoms in total. The standard InChI is InChI=1S/C11H9BrO4/c12-9-4-2-1-3-8(9)7-16-11(15)6-5-10(13)14/h1-6H,7H2,(H,13,14)/b6-5+. The number of carbonyl (C=O) groups is 2. The smallest absolute Gasteiger partial charge is 0.331 e. The summed E-state index contributed by atoms with van der Waals surface area (Å²) in [7, 11) is 0. The predicted molar refractivity (Wildman–Crippen MR) is 60.7 cm³/mol. The van der Waals surface area contributed by atoms with Crippen LogP contribution >= 0.6 is 15.9 Å². The van der Waals surface area contributed by atoms with E-state index in [4.69, 9.17) is 9.84 Å². The zero-order valence-corrected chi connectivity index (χ0v) is 9.81. The lowest BCUT2D eigenvalue weighted by Crippen LogP contribution is -2.02. The number of carboxylic acid groups (broad SMARTS) is 1. The summed E-state index contributed by atoms with van der Waals surface area (Å²) in [5.74, 6) is -1.86. The fourth-order valence-corrected chi connectivity index (χ4v) is 1.35. The summed E-state index contributed by atoms with van der Waals surface area (Å²) in [5.41, 5.74) is 0.819. The number of ether oxygens (including phenoxy) is 1. The first-order valence-corrected chi connectivity index (χ1v) is 5.20. The molecule has 0 spiro atoms. The fraction of sp³-hybridized carbons (Fsp3) is 0.0909. The Bertz CT molecular complexity index is 426. The maximum atomic E-state index is 11.0. The highest BCUT2D eigenvalue weighted by molar-refractivity contribution is 9.10. The predicted octanol–water partition coefficient (Wildman–Crippen LogP) is 2.13. The third kappa shape index (κ3) is 4.27. The van der Waals surface area contributed by atoms with Crippen LogP contribution in [0.25, 0.3) is 0 Å². The number of benzene rings is 1. The first kappa shape index (κ1) is 12.4. The molecule has 1 N–H and O–H groups in total. The van der Waals surface area contributed by atoms with Gasteiger partial charge in [0.2, 0.25) is 0 Å². The van der Waals surface area contributed by atoms with E-state index in [9.17, 15) is 9.59 Å². The lowest BCUT2D eigenvalue weighted by molar-refractivity contribution is -0.139. The molecular weight excluding hydrogens is 276 g/mol. The van der Waals surface area contributed by atoms with Crippen LogP contribution in [0.2, 0.25) is 0 Å². The van der Waals surface area contributed by atoms with Crippen LogP contribution in [0.1, 0.15) is 5.56 Å². The lowest BCUT2D eigenvalue weighted by Gasteiger charge is -2.03. The van der Waals surface area contributed by atoms with Crippen molar-refractivity contribution in [3.63, 3.8) is 0 Å². The lowest BCUT2D eigenvalue weighted by atomic mass is 10.2. The number of carbonyl (C=O) groups excluding carboxylic acids is 1. The third-order valence-electron chi connectivity index (χ3n) is 1.69. The summed E-state index contributed by atoms with van der Waals surface area (Å²) >= 11 is 3.31. The molecule has 0 heterocycles. The molecule has 0 aliphatic heterocycles. The van der Waals surface area contributed by atoms with Crippen molar-refractivity contribution >= 4 is 27.9 Å². The fourth-order valence-electron chi connectivity index (χ4n) is 0.952. The molecule has 0 saturated carbocycles. The van der Waals surface area contributed by atoms with Crippen molar-refractivity contribution in [2.24, 2.45) is 0 Å². The van der Waals surface area contributed by atoms with E-state index in [-0.39, 0.29) is 6.61 Å². The van der Waals surface area contributed by atoms with Crippen molar-refractivity contribution in [3.8, 4) is 0 Å². The van der Waals surface area contributed by atoms with Crippen molar-refractivity contribution in [1.82, 2.24) is 0 Å².